The van der Waals surface area contributed by atoms with Crippen LogP contribution in [0.2, 0.25) is 0 Å². The van der Waals surface area contributed by atoms with Gasteiger partial charge in [-0.25, -0.2) is 0 Å². The molecule has 0 aliphatic carbocycles. The van der Waals surface area contributed by atoms with Crippen molar-refractivity contribution in [1.29, 1.82) is 0 Å². The Morgan fingerprint density at radius 3 is 1.87 bits per heavy atom. The molecule has 5 rings (SSSR count). The molecule has 39 heavy (non-hydrogen) atoms. The average molecular weight is 555 g/mol. The van der Waals surface area contributed by atoms with Gasteiger partial charge in [0.2, 0.25) is 0 Å². The molecule has 2 aromatic carbocycles. The minimum atomic E-state index is -5.01. The number of carbonyl (C=O) groups excluding carboxylic acids is 1. The number of hydrogen-bond donors (Lipinski definition) is 1. The molecule has 3 aliphatic heterocycles. The summed E-state index contributed by atoms with van der Waals surface area (Å²) in [5.41, 5.74) is -2.58. The van der Waals surface area contributed by atoms with Crippen LogP contribution in [0.1, 0.15) is 39.9 Å². The van der Waals surface area contributed by atoms with Gasteiger partial charge in [0, 0.05) is 69.5 Å². The first-order valence-electron chi connectivity index (χ1n) is 13.3. The maximum atomic E-state index is 13.6. The van der Waals surface area contributed by atoms with E-state index >= 15 is 0 Å². The van der Waals surface area contributed by atoms with Crippen LogP contribution in [0.3, 0.4) is 0 Å². The fraction of sp³-hybridized carbons (Fsp3) is 0.536. The number of alkyl halides is 6. The molecular formula is C28H32F6N4O. The molecule has 2 aromatic rings. The molecule has 3 aliphatic rings. The summed E-state index contributed by atoms with van der Waals surface area (Å²) in [5.74, 6) is -0.798. The van der Waals surface area contributed by atoms with Crippen molar-refractivity contribution in [2.24, 2.45) is 0 Å². The third-order valence-corrected chi connectivity index (χ3v) is 8.24. The number of hydrogen-bond acceptors (Lipinski definition) is 4. The Balaban J connectivity index is 1.37. The van der Waals surface area contributed by atoms with Gasteiger partial charge in [0.05, 0.1) is 11.1 Å². The zero-order chi connectivity index (χ0) is 27.8. The van der Waals surface area contributed by atoms with Gasteiger partial charge in [-0.3, -0.25) is 14.6 Å². The summed E-state index contributed by atoms with van der Waals surface area (Å²) < 4.78 is 80.8. The standard InChI is InChI=1S/C28H32F6N4O/c29-27(30,31)21-13-20(14-22(15-21)28(32,33)34)26(39)38-7-6-23(16-24(38)12-19-4-2-1-3-5-19)36-8-10-37(11-9-36)25-17-35-18-25/h1-5,13-15,23-25,35H,6-12,16-18H2. The van der Waals surface area contributed by atoms with Crippen LogP contribution >= 0.6 is 0 Å². The van der Waals surface area contributed by atoms with E-state index in [9.17, 15) is 31.1 Å². The Labute approximate surface area is 223 Å². The number of piperazine rings is 1. The lowest BCUT2D eigenvalue weighted by Crippen LogP contribution is -2.63. The van der Waals surface area contributed by atoms with Crippen LogP contribution in [0, 0.1) is 0 Å². The van der Waals surface area contributed by atoms with Crippen molar-refractivity contribution in [3.63, 3.8) is 0 Å². The minimum Gasteiger partial charge on any atom is -0.335 e. The molecule has 11 heteroatoms. The largest absolute Gasteiger partial charge is 0.416 e. The molecule has 212 valence electrons. The first kappa shape index (κ1) is 27.9. The Kier molecular flexibility index (Phi) is 7.94. The summed E-state index contributed by atoms with van der Waals surface area (Å²) in [6.07, 6.45) is -8.32. The number of carbonyl (C=O) groups is 1. The second-order valence-corrected chi connectivity index (χ2v) is 10.7. The second kappa shape index (κ2) is 11.1. The van der Waals surface area contributed by atoms with Crippen LogP contribution in [0.25, 0.3) is 0 Å². The van der Waals surface area contributed by atoms with E-state index in [2.05, 4.69) is 15.1 Å². The average Bonchev–Trinajstić information content (AvgIpc) is 2.87. The van der Waals surface area contributed by atoms with E-state index in [1.54, 1.807) is 0 Å². The highest BCUT2D eigenvalue weighted by molar-refractivity contribution is 5.95. The zero-order valence-corrected chi connectivity index (χ0v) is 21.4. The van der Waals surface area contributed by atoms with E-state index in [-0.39, 0.29) is 24.7 Å². The van der Waals surface area contributed by atoms with Gasteiger partial charge in [0.15, 0.2) is 0 Å². The number of likely N-dealkylation sites (tertiary alicyclic amines) is 1. The maximum Gasteiger partial charge on any atom is 0.416 e. The zero-order valence-electron chi connectivity index (χ0n) is 21.4. The van der Waals surface area contributed by atoms with Crippen LogP contribution in [-0.4, -0.2) is 84.5 Å². The summed E-state index contributed by atoms with van der Waals surface area (Å²) >= 11 is 0. The summed E-state index contributed by atoms with van der Waals surface area (Å²) in [6, 6.07) is 11.0. The highest BCUT2D eigenvalue weighted by Gasteiger charge is 2.40. The summed E-state index contributed by atoms with van der Waals surface area (Å²) in [6.45, 7) is 5.99. The number of rotatable bonds is 5. The summed E-state index contributed by atoms with van der Waals surface area (Å²) in [7, 11) is 0. The fourth-order valence-electron chi connectivity index (χ4n) is 5.95. The van der Waals surface area contributed by atoms with Crippen LogP contribution in [-0.2, 0) is 18.8 Å². The van der Waals surface area contributed by atoms with Gasteiger partial charge in [-0.15, -0.1) is 0 Å². The Bertz CT molecular complexity index is 1110. The smallest absolute Gasteiger partial charge is 0.335 e. The van der Waals surface area contributed by atoms with Crippen molar-refractivity contribution in [3.05, 3.63) is 70.8 Å². The first-order chi connectivity index (χ1) is 18.5. The van der Waals surface area contributed by atoms with Crippen molar-refractivity contribution in [2.75, 3.05) is 45.8 Å². The normalized spacial score (nSPS) is 24.0. The third-order valence-electron chi connectivity index (χ3n) is 8.24. The molecule has 3 saturated heterocycles. The maximum absolute atomic E-state index is 13.6. The number of nitrogens with zero attached hydrogens (tertiary/aromatic N) is 3. The number of benzene rings is 2. The molecular weight excluding hydrogens is 522 g/mol. The van der Waals surface area contributed by atoms with Crippen LogP contribution in [0.15, 0.2) is 48.5 Å². The van der Waals surface area contributed by atoms with Crippen molar-refractivity contribution in [1.82, 2.24) is 20.0 Å². The van der Waals surface area contributed by atoms with Crippen LogP contribution in [0.4, 0.5) is 26.3 Å². The lowest BCUT2D eigenvalue weighted by molar-refractivity contribution is -0.143. The summed E-state index contributed by atoms with van der Waals surface area (Å²) in [4.78, 5) is 20.0. The molecule has 5 nitrogen and oxygen atoms in total. The predicted octanol–water partition coefficient (Wildman–Crippen LogP) is 4.53. The lowest BCUT2D eigenvalue weighted by Gasteiger charge is -2.48. The van der Waals surface area contributed by atoms with Gasteiger partial charge >= 0.3 is 12.4 Å². The summed E-state index contributed by atoms with van der Waals surface area (Å²) in [5, 5.41) is 3.30. The van der Waals surface area contributed by atoms with Crippen LogP contribution in [0.5, 0.6) is 0 Å². The third kappa shape index (κ3) is 6.41. The molecule has 0 spiro atoms. The number of piperidine rings is 1. The molecule has 2 atom stereocenters. The van der Waals surface area contributed by atoms with E-state index in [1.165, 1.54) is 4.90 Å². The van der Waals surface area contributed by atoms with E-state index in [4.69, 9.17) is 0 Å². The predicted molar refractivity (Wildman–Crippen MR) is 134 cm³/mol. The molecule has 0 saturated carbocycles. The van der Waals surface area contributed by atoms with Gasteiger partial charge in [0.25, 0.3) is 5.91 Å². The molecule has 0 aromatic heterocycles. The molecule has 0 radical (unpaired) electrons. The second-order valence-electron chi connectivity index (χ2n) is 10.7. The highest BCUT2D eigenvalue weighted by atomic mass is 19.4. The topological polar surface area (TPSA) is 38.8 Å². The Morgan fingerprint density at radius 1 is 0.795 bits per heavy atom. The SMILES string of the molecule is O=C(c1cc(C(F)(F)F)cc(C(F)(F)F)c1)N1CCC(N2CCN(C3CNC3)CC2)CC1Cc1ccccc1. The van der Waals surface area contributed by atoms with Gasteiger partial charge < -0.3 is 10.2 Å². The lowest BCUT2D eigenvalue weighted by atomic mass is 9.90. The minimum absolute atomic E-state index is 0.0593. The van der Waals surface area contributed by atoms with Gasteiger partial charge in [-0.05, 0) is 43.0 Å². The molecule has 3 fully saturated rings. The quantitative estimate of drug-likeness (QED) is 0.552. The van der Waals surface area contributed by atoms with Crippen molar-refractivity contribution in [3.8, 4) is 0 Å². The molecule has 0 bridgehead atoms. The molecule has 3 heterocycles. The van der Waals surface area contributed by atoms with E-state index in [0.29, 0.717) is 37.4 Å². The number of nitrogens with one attached hydrogen (secondary N) is 1. The number of amides is 1. The fourth-order valence-corrected chi connectivity index (χ4v) is 5.95. The molecule has 1 N–H and O–H groups in total. The monoisotopic (exact) mass is 554 g/mol. The Hall–Kier alpha value is -2.63. The van der Waals surface area contributed by atoms with E-state index in [0.717, 1.165) is 44.8 Å². The van der Waals surface area contributed by atoms with Gasteiger partial charge in [0.1, 0.15) is 0 Å². The molecule has 2 unspecified atom stereocenters. The van der Waals surface area contributed by atoms with Crippen molar-refractivity contribution >= 4 is 5.91 Å². The molecule has 1 amide bonds. The number of halogens is 6. The Morgan fingerprint density at radius 2 is 1.36 bits per heavy atom. The van der Waals surface area contributed by atoms with E-state index in [1.807, 2.05) is 30.3 Å². The van der Waals surface area contributed by atoms with E-state index < -0.39 is 35.0 Å². The van der Waals surface area contributed by atoms with Crippen molar-refractivity contribution < 1.29 is 31.1 Å². The van der Waals surface area contributed by atoms with Crippen molar-refractivity contribution in [2.45, 2.75) is 49.7 Å². The highest BCUT2D eigenvalue weighted by Crippen LogP contribution is 2.37. The van der Waals surface area contributed by atoms with Gasteiger partial charge in [-0.1, -0.05) is 30.3 Å². The van der Waals surface area contributed by atoms with Crippen LogP contribution < -0.4 is 5.32 Å². The van der Waals surface area contributed by atoms with Gasteiger partial charge in [-0.2, -0.15) is 26.3 Å². The first-order valence-corrected chi connectivity index (χ1v) is 13.3.